The molecule has 4 nitrogen and oxygen atoms in total. The van der Waals surface area contributed by atoms with Gasteiger partial charge in [-0.1, -0.05) is 24.3 Å². The summed E-state index contributed by atoms with van der Waals surface area (Å²) in [6.45, 7) is 8.62. The summed E-state index contributed by atoms with van der Waals surface area (Å²) < 4.78 is 4.41. The second-order valence-electron chi connectivity index (χ2n) is 5.61. The largest absolute Gasteiger partial charge is 0.359 e. The number of hydrogen-bond donors (Lipinski definition) is 0. The number of aromatic nitrogens is 3. The van der Waals surface area contributed by atoms with E-state index in [0.29, 0.717) is 0 Å². The number of rotatable bonds is 3. The molecule has 0 aliphatic carbocycles. The van der Waals surface area contributed by atoms with Crippen molar-refractivity contribution in [2.24, 2.45) is 14.1 Å². The van der Waals surface area contributed by atoms with Crippen molar-refractivity contribution in [1.29, 1.82) is 0 Å². The maximum atomic E-state index is 4.18. The molecule has 0 saturated carbocycles. The maximum absolute atomic E-state index is 4.18. The average Bonchev–Trinajstić information content (AvgIpc) is 2.83. The van der Waals surface area contributed by atoms with Gasteiger partial charge >= 0.3 is 5.95 Å². The van der Waals surface area contributed by atoms with Gasteiger partial charge in [-0.15, -0.1) is 0 Å². The highest BCUT2D eigenvalue weighted by molar-refractivity contribution is 5.77. The number of aryl methyl sites for hydroxylation is 2. The van der Waals surface area contributed by atoms with Gasteiger partial charge < -0.3 is 0 Å². The molecule has 0 radical (unpaired) electrons. The number of hydrogen-bond acceptors (Lipinski definition) is 2. The predicted octanol–water partition coefficient (Wildman–Crippen LogP) is 3.24. The van der Waals surface area contributed by atoms with Gasteiger partial charge in [0.25, 0.3) is 0 Å². The molecule has 0 unspecified atom stereocenters. The number of benzene rings is 1. The molecule has 0 aliphatic rings. The van der Waals surface area contributed by atoms with Crippen LogP contribution in [0.5, 0.6) is 0 Å². The summed E-state index contributed by atoms with van der Waals surface area (Å²) in [5, 5.41) is 1.20. The number of anilines is 1. The Hall–Kier alpha value is -2.36. The number of fused-ring (bicyclic) bond motifs is 1. The summed E-state index contributed by atoms with van der Waals surface area (Å²) in [7, 11) is 4.21. The lowest BCUT2D eigenvalue weighted by molar-refractivity contribution is -0.658. The Balaban J connectivity index is 0.000000172. The molecule has 0 N–H and O–H groups in total. The minimum absolute atomic E-state index is 1.06. The van der Waals surface area contributed by atoms with Crippen LogP contribution < -0.4 is 9.47 Å². The first-order chi connectivity index (χ1) is 11.1. The van der Waals surface area contributed by atoms with E-state index in [4.69, 9.17) is 0 Å². The highest BCUT2D eigenvalue weighted by atomic mass is 15.3. The van der Waals surface area contributed by atoms with Gasteiger partial charge in [0.05, 0.1) is 38.9 Å². The van der Waals surface area contributed by atoms with Gasteiger partial charge in [0.15, 0.2) is 0 Å². The molecule has 2 aromatic heterocycles. The molecule has 3 rings (SSSR count). The van der Waals surface area contributed by atoms with Crippen LogP contribution in [0.25, 0.3) is 10.9 Å². The van der Waals surface area contributed by atoms with E-state index in [-0.39, 0.29) is 0 Å². The summed E-state index contributed by atoms with van der Waals surface area (Å²) in [6, 6.07) is 12.1. The van der Waals surface area contributed by atoms with Gasteiger partial charge in [-0.05, 0) is 32.9 Å². The molecule has 3 aromatic rings. The van der Waals surface area contributed by atoms with E-state index in [1.807, 2.05) is 30.5 Å². The van der Waals surface area contributed by atoms with E-state index in [1.165, 1.54) is 17.0 Å². The van der Waals surface area contributed by atoms with E-state index in [9.17, 15) is 0 Å². The third-order valence-corrected chi connectivity index (χ3v) is 4.08. The van der Waals surface area contributed by atoms with Gasteiger partial charge in [-0.25, -0.2) is 9.13 Å². The van der Waals surface area contributed by atoms with Gasteiger partial charge in [0.2, 0.25) is 0 Å². The minimum atomic E-state index is 1.06. The number of imidazole rings is 1. The average molecular weight is 311 g/mol. The molecule has 4 heteroatoms. The van der Waals surface area contributed by atoms with Crippen LogP contribution in [0.15, 0.2) is 48.8 Å². The van der Waals surface area contributed by atoms with Crippen molar-refractivity contribution in [3.8, 4) is 0 Å². The Labute approximate surface area is 139 Å². The van der Waals surface area contributed by atoms with Crippen molar-refractivity contribution in [2.75, 3.05) is 18.0 Å². The fourth-order valence-corrected chi connectivity index (χ4v) is 2.78. The van der Waals surface area contributed by atoms with E-state index in [0.717, 1.165) is 18.6 Å². The van der Waals surface area contributed by atoms with Crippen molar-refractivity contribution in [3.05, 3.63) is 54.5 Å². The van der Waals surface area contributed by atoms with E-state index in [2.05, 4.69) is 72.2 Å². The normalized spacial score (nSPS) is 10.3. The van der Waals surface area contributed by atoms with Crippen LogP contribution in [0.4, 0.5) is 5.95 Å². The molecule has 0 atom stereocenters. The first kappa shape index (κ1) is 17.0. The van der Waals surface area contributed by atoms with Crippen molar-refractivity contribution in [1.82, 2.24) is 9.55 Å². The standard InChI is InChI=1S/C10H20N3.C9H7N/c1-6-13(7-2)10-11(4)8-9(3)12(10)5;1-2-6-9-8(4-1)5-3-7-10-9/h8H,6-7H2,1-5H3;1-7H/q+1;. The van der Waals surface area contributed by atoms with Gasteiger partial charge in [0.1, 0.15) is 5.69 Å². The quantitative estimate of drug-likeness (QED) is 0.694. The minimum Gasteiger partial charge on any atom is -0.265 e. The zero-order valence-corrected chi connectivity index (χ0v) is 14.8. The van der Waals surface area contributed by atoms with Crippen molar-refractivity contribution in [2.45, 2.75) is 20.8 Å². The third kappa shape index (κ3) is 3.89. The van der Waals surface area contributed by atoms with E-state index >= 15 is 0 Å². The van der Waals surface area contributed by atoms with Crippen molar-refractivity contribution < 1.29 is 4.57 Å². The maximum Gasteiger partial charge on any atom is 0.359 e. The smallest absolute Gasteiger partial charge is 0.265 e. The molecule has 0 saturated heterocycles. The lowest BCUT2D eigenvalue weighted by Crippen LogP contribution is -2.38. The Morgan fingerprint density at radius 1 is 1.09 bits per heavy atom. The molecule has 0 bridgehead atoms. The van der Waals surface area contributed by atoms with Crippen molar-refractivity contribution >= 4 is 16.9 Å². The van der Waals surface area contributed by atoms with Crippen LogP contribution in [0, 0.1) is 6.92 Å². The molecule has 2 heterocycles. The SMILES string of the molecule is CCN(CC)c1n(C)c(C)c[n+]1C.c1ccc2ncccc2c1. The van der Waals surface area contributed by atoms with Crippen LogP contribution in [-0.4, -0.2) is 22.6 Å². The van der Waals surface area contributed by atoms with Crippen LogP contribution in [0.2, 0.25) is 0 Å². The Morgan fingerprint density at radius 2 is 1.74 bits per heavy atom. The van der Waals surface area contributed by atoms with Crippen LogP contribution in [0.1, 0.15) is 19.5 Å². The number of para-hydroxylation sites is 1. The third-order valence-electron chi connectivity index (χ3n) is 4.08. The fraction of sp³-hybridized carbons (Fsp3) is 0.368. The van der Waals surface area contributed by atoms with Gasteiger partial charge in [0, 0.05) is 11.6 Å². The Kier molecular flexibility index (Phi) is 5.74. The zero-order valence-electron chi connectivity index (χ0n) is 14.8. The highest BCUT2D eigenvalue weighted by Crippen LogP contribution is 2.10. The second kappa shape index (κ2) is 7.77. The van der Waals surface area contributed by atoms with Crippen LogP contribution in [-0.2, 0) is 14.1 Å². The van der Waals surface area contributed by atoms with Crippen LogP contribution >= 0.6 is 0 Å². The van der Waals surface area contributed by atoms with E-state index in [1.54, 1.807) is 0 Å². The topological polar surface area (TPSA) is 24.9 Å². The number of nitrogens with zero attached hydrogens (tertiary/aromatic N) is 4. The van der Waals surface area contributed by atoms with E-state index < -0.39 is 0 Å². The first-order valence-corrected chi connectivity index (χ1v) is 8.15. The molecule has 0 amide bonds. The lowest BCUT2D eigenvalue weighted by Gasteiger charge is -2.14. The molecule has 0 aliphatic heterocycles. The second-order valence-corrected chi connectivity index (χ2v) is 5.61. The first-order valence-electron chi connectivity index (χ1n) is 8.15. The summed E-state index contributed by atoms with van der Waals surface area (Å²) in [5.74, 6) is 1.28. The summed E-state index contributed by atoms with van der Waals surface area (Å²) in [4.78, 5) is 6.54. The highest BCUT2D eigenvalue weighted by Gasteiger charge is 2.19. The fourth-order valence-electron chi connectivity index (χ4n) is 2.78. The van der Waals surface area contributed by atoms with Crippen LogP contribution in [0.3, 0.4) is 0 Å². The monoisotopic (exact) mass is 311 g/mol. The zero-order chi connectivity index (χ0) is 16.8. The summed E-state index contributed by atoms with van der Waals surface area (Å²) in [5.41, 5.74) is 2.36. The van der Waals surface area contributed by atoms with Gasteiger partial charge in [-0.3, -0.25) is 9.88 Å². The molecule has 1 aromatic carbocycles. The number of pyridine rings is 1. The molecule has 0 spiro atoms. The molecular formula is C19H27N4+. The molecular weight excluding hydrogens is 284 g/mol. The Morgan fingerprint density at radius 3 is 2.30 bits per heavy atom. The van der Waals surface area contributed by atoms with Gasteiger partial charge in [-0.2, -0.15) is 0 Å². The summed E-state index contributed by atoms with van der Waals surface area (Å²) >= 11 is 0. The molecule has 0 fully saturated rings. The lowest BCUT2D eigenvalue weighted by atomic mass is 10.2. The summed E-state index contributed by atoms with van der Waals surface area (Å²) in [6.07, 6.45) is 3.97. The molecule has 122 valence electrons. The Bertz CT molecular complexity index is 692. The molecule has 23 heavy (non-hydrogen) atoms. The van der Waals surface area contributed by atoms with Crippen molar-refractivity contribution in [3.63, 3.8) is 0 Å². The predicted molar refractivity (Wildman–Crippen MR) is 96.6 cm³/mol.